The molecule has 25 heavy (non-hydrogen) atoms. The van der Waals surface area contributed by atoms with Gasteiger partial charge in [-0.2, -0.15) is 0 Å². The molecule has 130 valence electrons. The van der Waals surface area contributed by atoms with Gasteiger partial charge in [-0.05, 0) is 35.9 Å². The first-order valence-electron chi connectivity index (χ1n) is 8.24. The fourth-order valence-corrected chi connectivity index (χ4v) is 3.41. The number of carbonyl (C=O) groups is 1. The average Bonchev–Trinajstić information content (AvgIpc) is 3.27. The lowest BCUT2D eigenvalue weighted by Crippen LogP contribution is -2.32. The van der Waals surface area contributed by atoms with E-state index in [2.05, 4.69) is 0 Å². The summed E-state index contributed by atoms with van der Waals surface area (Å²) in [6.45, 7) is 1.33. The molecule has 1 amide bonds. The standard InChI is InChI=1S/C19H20N2O4/c1-23-14-5-2-12(3-6-14)15-9-21(10-16(15)20)19(22)13-4-7-17-18(8-13)25-11-24-17/h2-8,15-16H,9-11,20H2,1H3/t15-,16+/m1/s1. The van der Waals surface area contributed by atoms with Gasteiger partial charge in [0, 0.05) is 30.6 Å². The van der Waals surface area contributed by atoms with E-state index in [1.165, 1.54) is 0 Å². The number of methoxy groups -OCH3 is 1. The molecule has 6 nitrogen and oxygen atoms in total. The van der Waals surface area contributed by atoms with E-state index in [4.69, 9.17) is 19.9 Å². The van der Waals surface area contributed by atoms with Gasteiger partial charge < -0.3 is 24.8 Å². The van der Waals surface area contributed by atoms with Gasteiger partial charge in [0.1, 0.15) is 5.75 Å². The first kappa shape index (κ1) is 15.8. The van der Waals surface area contributed by atoms with Crippen LogP contribution in [0.3, 0.4) is 0 Å². The van der Waals surface area contributed by atoms with E-state index in [0.717, 1.165) is 11.3 Å². The van der Waals surface area contributed by atoms with Crippen LogP contribution in [-0.4, -0.2) is 43.8 Å². The summed E-state index contributed by atoms with van der Waals surface area (Å²) in [7, 11) is 1.64. The molecular weight excluding hydrogens is 320 g/mol. The molecule has 2 aliphatic heterocycles. The zero-order chi connectivity index (χ0) is 17.4. The number of amides is 1. The molecule has 2 heterocycles. The van der Waals surface area contributed by atoms with Crippen LogP contribution >= 0.6 is 0 Å². The Morgan fingerprint density at radius 1 is 1.12 bits per heavy atom. The van der Waals surface area contributed by atoms with Gasteiger partial charge >= 0.3 is 0 Å². The quantitative estimate of drug-likeness (QED) is 0.925. The van der Waals surface area contributed by atoms with E-state index < -0.39 is 0 Å². The van der Waals surface area contributed by atoms with Crippen molar-refractivity contribution in [2.24, 2.45) is 5.73 Å². The number of rotatable bonds is 3. The maximum atomic E-state index is 12.8. The fraction of sp³-hybridized carbons (Fsp3) is 0.316. The molecule has 0 radical (unpaired) electrons. The van der Waals surface area contributed by atoms with Crippen LogP contribution in [0.2, 0.25) is 0 Å². The van der Waals surface area contributed by atoms with E-state index in [1.54, 1.807) is 30.2 Å². The molecule has 4 rings (SSSR count). The summed E-state index contributed by atoms with van der Waals surface area (Å²) in [5, 5.41) is 0. The van der Waals surface area contributed by atoms with Crippen LogP contribution in [0, 0.1) is 0 Å². The number of benzene rings is 2. The molecule has 0 unspecified atom stereocenters. The molecule has 2 aliphatic rings. The molecule has 0 saturated carbocycles. The summed E-state index contributed by atoms with van der Waals surface area (Å²) in [4.78, 5) is 14.6. The molecule has 2 aromatic rings. The van der Waals surface area contributed by atoms with Crippen molar-refractivity contribution in [3.8, 4) is 17.2 Å². The molecule has 1 fully saturated rings. The second-order valence-electron chi connectivity index (χ2n) is 6.32. The van der Waals surface area contributed by atoms with Crippen LogP contribution in [0.15, 0.2) is 42.5 Å². The SMILES string of the molecule is COc1ccc([C@H]2CN(C(=O)c3ccc4c(c3)OCO4)C[C@@H]2N)cc1. The first-order chi connectivity index (χ1) is 12.2. The maximum Gasteiger partial charge on any atom is 0.254 e. The lowest BCUT2D eigenvalue weighted by atomic mass is 9.95. The highest BCUT2D eigenvalue weighted by Crippen LogP contribution is 2.34. The van der Waals surface area contributed by atoms with Crippen molar-refractivity contribution in [2.75, 3.05) is 27.0 Å². The van der Waals surface area contributed by atoms with Crippen LogP contribution in [0.5, 0.6) is 17.2 Å². The Balaban J connectivity index is 1.51. The Morgan fingerprint density at radius 2 is 1.88 bits per heavy atom. The highest BCUT2D eigenvalue weighted by molar-refractivity contribution is 5.95. The van der Waals surface area contributed by atoms with Gasteiger partial charge in [0.25, 0.3) is 5.91 Å². The topological polar surface area (TPSA) is 74.0 Å². The van der Waals surface area contributed by atoms with Crippen LogP contribution in [0.25, 0.3) is 0 Å². The highest BCUT2D eigenvalue weighted by atomic mass is 16.7. The summed E-state index contributed by atoms with van der Waals surface area (Å²) in [5.74, 6) is 2.17. The molecule has 0 aromatic heterocycles. The number of carbonyl (C=O) groups excluding carboxylic acids is 1. The van der Waals surface area contributed by atoms with Crippen molar-refractivity contribution in [1.29, 1.82) is 0 Å². The van der Waals surface area contributed by atoms with Crippen LogP contribution < -0.4 is 19.9 Å². The van der Waals surface area contributed by atoms with E-state index in [9.17, 15) is 4.79 Å². The highest BCUT2D eigenvalue weighted by Gasteiger charge is 2.34. The Hall–Kier alpha value is -2.73. The van der Waals surface area contributed by atoms with E-state index in [0.29, 0.717) is 30.2 Å². The third-order valence-electron chi connectivity index (χ3n) is 4.82. The average molecular weight is 340 g/mol. The molecule has 0 aliphatic carbocycles. The van der Waals surface area contributed by atoms with Crippen molar-refractivity contribution in [2.45, 2.75) is 12.0 Å². The fourth-order valence-electron chi connectivity index (χ4n) is 3.41. The number of nitrogens with zero attached hydrogens (tertiary/aromatic N) is 1. The summed E-state index contributed by atoms with van der Waals surface area (Å²) in [5.41, 5.74) is 8.02. The number of likely N-dealkylation sites (tertiary alicyclic amines) is 1. The van der Waals surface area contributed by atoms with Crippen molar-refractivity contribution in [3.63, 3.8) is 0 Å². The molecule has 1 saturated heterocycles. The van der Waals surface area contributed by atoms with Crippen molar-refractivity contribution < 1.29 is 19.0 Å². The predicted molar refractivity (Wildman–Crippen MR) is 92.2 cm³/mol. The zero-order valence-corrected chi connectivity index (χ0v) is 14.0. The van der Waals surface area contributed by atoms with Gasteiger partial charge in [-0.1, -0.05) is 12.1 Å². The van der Waals surface area contributed by atoms with E-state index in [-0.39, 0.29) is 24.7 Å². The van der Waals surface area contributed by atoms with E-state index in [1.807, 2.05) is 24.3 Å². The lowest BCUT2D eigenvalue weighted by molar-refractivity contribution is 0.0788. The maximum absolute atomic E-state index is 12.8. The van der Waals surface area contributed by atoms with E-state index >= 15 is 0 Å². The Morgan fingerprint density at radius 3 is 2.64 bits per heavy atom. The number of hydrogen-bond acceptors (Lipinski definition) is 5. The van der Waals surface area contributed by atoms with Crippen LogP contribution in [-0.2, 0) is 0 Å². The summed E-state index contributed by atoms with van der Waals surface area (Å²) < 4.78 is 15.8. The predicted octanol–water partition coefficient (Wildman–Crippen LogP) is 1.99. The van der Waals surface area contributed by atoms with Gasteiger partial charge in [-0.3, -0.25) is 4.79 Å². The number of fused-ring (bicyclic) bond motifs is 1. The molecule has 6 heteroatoms. The van der Waals surface area contributed by atoms with Crippen molar-refractivity contribution in [3.05, 3.63) is 53.6 Å². The normalized spacial score (nSPS) is 21.4. The molecule has 2 aromatic carbocycles. The largest absolute Gasteiger partial charge is 0.497 e. The smallest absolute Gasteiger partial charge is 0.254 e. The summed E-state index contributed by atoms with van der Waals surface area (Å²) in [6.07, 6.45) is 0. The summed E-state index contributed by atoms with van der Waals surface area (Å²) in [6, 6.07) is 13.0. The molecular formula is C19H20N2O4. The Labute approximate surface area is 146 Å². The van der Waals surface area contributed by atoms with Crippen LogP contribution in [0.1, 0.15) is 21.8 Å². The monoisotopic (exact) mass is 340 g/mol. The van der Waals surface area contributed by atoms with Gasteiger partial charge in [0.15, 0.2) is 11.5 Å². The number of ether oxygens (including phenoxy) is 3. The lowest BCUT2D eigenvalue weighted by Gasteiger charge is -2.17. The minimum atomic E-state index is -0.0913. The minimum absolute atomic E-state index is 0.0373. The van der Waals surface area contributed by atoms with Gasteiger partial charge in [-0.25, -0.2) is 0 Å². The minimum Gasteiger partial charge on any atom is -0.497 e. The Bertz CT molecular complexity index is 791. The third kappa shape index (κ3) is 2.89. The zero-order valence-electron chi connectivity index (χ0n) is 14.0. The van der Waals surface area contributed by atoms with Gasteiger partial charge in [0.2, 0.25) is 6.79 Å². The van der Waals surface area contributed by atoms with Crippen molar-refractivity contribution >= 4 is 5.91 Å². The molecule has 0 spiro atoms. The van der Waals surface area contributed by atoms with Gasteiger partial charge in [0.05, 0.1) is 7.11 Å². The van der Waals surface area contributed by atoms with Crippen molar-refractivity contribution in [1.82, 2.24) is 4.90 Å². The number of hydrogen-bond donors (Lipinski definition) is 1. The second kappa shape index (κ2) is 6.29. The molecule has 0 bridgehead atoms. The Kier molecular flexibility index (Phi) is 3.97. The summed E-state index contributed by atoms with van der Waals surface area (Å²) >= 11 is 0. The molecule has 2 N–H and O–H groups in total. The van der Waals surface area contributed by atoms with Gasteiger partial charge in [-0.15, -0.1) is 0 Å². The molecule has 2 atom stereocenters. The van der Waals surface area contributed by atoms with Crippen LogP contribution in [0.4, 0.5) is 0 Å². The number of nitrogens with two attached hydrogens (primary N) is 1. The first-order valence-corrected chi connectivity index (χ1v) is 8.24. The second-order valence-corrected chi connectivity index (χ2v) is 6.32. The third-order valence-corrected chi connectivity index (χ3v) is 4.82.